The normalized spacial score (nSPS) is 11.8. The van der Waals surface area contributed by atoms with Crippen LogP contribution in [-0.4, -0.2) is 9.85 Å². The standard InChI is InChI=1S/C21H12N2O4/c1-3-5-14(6-4-2)11-19-20-12-15(22(24)25)7-9-17(20)18-10-8-16(23(26)27)13-21(18)19/h1-2,5,7-13H,6H2/b14-5-. The summed E-state index contributed by atoms with van der Waals surface area (Å²) in [6.07, 6.45) is 14.2. The van der Waals surface area contributed by atoms with E-state index in [1.54, 1.807) is 18.2 Å². The summed E-state index contributed by atoms with van der Waals surface area (Å²) < 4.78 is 0. The molecule has 6 heteroatoms. The first-order chi connectivity index (χ1) is 13.0. The summed E-state index contributed by atoms with van der Waals surface area (Å²) >= 11 is 0. The monoisotopic (exact) mass is 356 g/mol. The predicted octanol–water partition coefficient (Wildman–Crippen LogP) is 4.50. The first kappa shape index (κ1) is 17.7. The van der Waals surface area contributed by atoms with Crippen molar-refractivity contribution in [1.82, 2.24) is 0 Å². The molecular weight excluding hydrogens is 344 g/mol. The minimum atomic E-state index is -0.483. The number of hydrogen-bond donors (Lipinski definition) is 0. The van der Waals surface area contributed by atoms with Crippen LogP contribution in [0.2, 0.25) is 0 Å². The molecule has 0 saturated carbocycles. The molecule has 0 bridgehead atoms. The Hall–Kier alpha value is -4.16. The van der Waals surface area contributed by atoms with Gasteiger partial charge in [0.2, 0.25) is 0 Å². The van der Waals surface area contributed by atoms with E-state index in [0.29, 0.717) is 22.3 Å². The smallest absolute Gasteiger partial charge is 0.258 e. The summed E-state index contributed by atoms with van der Waals surface area (Å²) in [6, 6.07) is 9.02. The molecule has 6 nitrogen and oxygen atoms in total. The van der Waals surface area contributed by atoms with Crippen molar-refractivity contribution < 1.29 is 9.85 Å². The molecule has 1 aliphatic rings. The number of rotatable bonds is 4. The van der Waals surface area contributed by atoms with Gasteiger partial charge in [-0.1, -0.05) is 5.92 Å². The molecule has 0 amide bonds. The third-order valence-corrected chi connectivity index (χ3v) is 4.20. The Morgan fingerprint density at radius 2 is 1.44 bits per heavy atom. The first-order valence-corrected chi connectivity index (χ1v) is 7.84. The average molecular weight is 356 g/mol. The number of nitro groups is 2. The molecule has 27 heavy (non-hydrogen) atoms. The van der Waals surface area contributed by atoms with E-state index in [1.165, 1.54) is 30.3 Å². The van der Waals surface area contributed by atoms with Gasteiger partial charge in [-0.2, -0.15) is 0 Å². The lowest BCUT2D eigenvalue weighted by Gasteiger charge is -2.04. The van der Waals surface area contributed by atoms with Gasteiger partial charge >= 0.3 is 0 Å². The maximum Gasteiger partial charge on any atom is 0.270 e. The number of allylic oxidation sites excluding steroid dienone is 3. The van der Waals surface area contributed by atoms with Crippen LogP contribution in [-0.2, 0) is 0 Å². The fourth-order valence-corrected chi connectivity index (χ4v) is 3.06. The molecule has 2 aromatic rings. The number of nitrogens with zero attached hydrogens (tertiary/aromatic N) is 2. The van der Waals surface area contributed by atoms with Crippen LogP contribution >= 0.6 is 0 Å². The molecule has 0 saturated heterocycles. The van der Waals surface area contributed by atoms with Crippen LogP contribution in [0.4, 0.5) is 11.4 Å². The molecule has 130 valence electrons. The van der Waals surface area contributed by atoms with Gasteiger partial charge in [0.1, 0.15) is 0 Å². The van der Waals surface area contributed by atoms with Gasteiger partial charge in [0.05, 0.1) is 9.85 Å². The van der Waals surface area contributed by atoms with E-state index in [2.05, 4.69) is 11.8 Å². The van der Waals surface area contributed by atoms with Crippen LogP contribution in [0.15, 0.2) is 54.1 Å². The Kier molecular flexibility index (Phi) is 4.57. The second-order valence-electron chi connectivity index (χ2n) is 5.80. The van der Waals surface area contributed by atoms with Crippen molar-refractivity contribution in [3.8, 4) is 35.8 Å². The summed E-state index contributed by atoms with van der Waals surface area (Å²) in [6.45, 7) is 0. The molecule has 0 N–H and O–H groups in total. The highest BCUT2D eigenvalue weighted by Gasteiger charge is 2.27. The Morgan fingerprint density at radius 1 is 0.926 bits per heavy atom. The van der Waals surface area contributed by atoms with Crippen molar-refractivity contribution in [1.29, 1.82) is 0 Å². The fourth-order valence-electron chi connectivity index (χ4n) is 3.06. The van der Waals surface area contributed by atoms with Crippen molar-refractivity contribution in [3.63, 3.8) is 0 Å². The predicted molar refractivity (Wildman–Crippen MR) is 103 cm³/mol. The van der Waals surface area contributed by atoms with Crippen LogP contribution in [0.5, 0.6) is 0 Å². The lowest BCUT2D eigenvalue weighted by atomic mass is 9.99. The summed E-state index contributed by atoms with van der Waals surface area (Å²) in [5, 5.41) is 22.4. The molecule has 0 heterocycles. The van der Waals surface area contributed by atoms with Gasteiger partial charge in [-0.25, -0.2) is 0 Å². The second-order valence-corrected chi connectivity index (χ2v) is 5.80. The van der Waals surface area contributed by atoms with Crippen molar-refractivity contribution in [2.45, 2.75) is 6.42 Å². The number of fused-ring (bicyclic) bond motifs is 3. The third-order valence-electron chi connectivity index (χ3n) is 4.20. The minimum absolute atomic E-state index is 0.0682. The van der Waals surface area contributed by atoms with Gasteiger partial charge in [-0.05, 0) is 57.7 Å². The molecule has 0 aromatic heterocycles. The van der Waals surface area contributed by atoms with Gasteiger partial charge in [-0.15, -0.1) is 18.8 Å². The molecule has 0 aliphatic heterocycles. The molecule has 0 radical (unpaired) electrons. The van der Waals surface area contributed by atoms with E-state index < -0.39 is 9.85 Å². The molecule has 2 aromatic carbocycles. The van der Waals surface area contributed by atoms with E-state index in [4.69, 9.17) is 12.8 Å². The highest BCUT2D eigenvalue weighted by molar-refractivity contribution is 6.02. The average Bonchev–Trinajstić information content (AvgIpc) is 2.94. The highest BCUT2D eigenvalue weighted by Crippen LogP contribution is 2.47. The van der Waals surface area contributed by atoms with E-state index in [-0.39, 0.29) is 17.8 Å². The molecular formula is C21H12N2O4. The topological polar surface area (TPSA) is 86.3 Å². The number of non-ortho nitro benzene ring substituents is 2. The Bertz CT molecular complexity index is 1060. The van der Waals surface area contributed by atoms with E-state index in [1.807, 2.05) is 0 Å². The zero-order valence-corrected chi connectivity index (χ0v) is 14.0. The van der Waals surface area contributed by atoms with E-state index in [0.717, 1.165) is 11.1 Å². The zero-order valence-electron chi connectivity index (χ0n) is 14.0. The number of benzene rings is 2. The quantitative estimate of drug-likeness (QED) is 0.391. The SMILES string of the molecule is C#C/C=C(\C=C1c2cc([N+](=O)[O-])ccc2-c2ccc([N+](=O)[O-])cc21)CC#C. The van der Waals surface area contributed by atoms with Crippen LogP contribution < -0.4 is 0 Å². The number of nitro benzene ring substituents is 2. The molecule has 1 aliphatic carbocycles. The van der Waals surface area contributed by atoms with Crippen molar-refractivity contribution >= 4 is 16.9 Å². The molecule has 3 rings (SSSR count). The van der Waals surface area contributed by atoms with Crippen LogP contribution in [0, 0.1) is 44.9 Å². The Labute approximate surface area is 155 Å². The highest BCUT2D eigenvalue weighted by atomic mass is 16.6. The van der Waals surface area contributed by atoms with Crippen molar-refractivity contribution in [2.24, 2.45) is 0 Å². The summed E-state index contributed by atoms with van der Waals surface area (Å²) in [5.41, 5.74) is 3.88. The molecule has 0 spiro atoms. The van der Waals surface area contributed by atoms with Gasteiger partial charge in [0.25, 0.3) is 11.4 Å². The van der Waals surface area contributed by atoms with Gasteiger partial charge in [-0.3, -0.25) is 20.2 Å². The lowest BCUT2D eigenvalue weighted by molar-refractivity contribution is -0.385. The maximum atomic E-state index is 11.2. The first-order valence-electron chi connectivity index (χ1n) is 7.84. The van der Waals surface area contributed by atoms with Crippen molar-refractivity contribution in [2.75, 3.05) is 0 Å². The molecule has 0 atom stereocenters. The van der Waals surface area contributed by atoms with Gasteiger partial charge < -0.3 is 0 Å². The van der Waals surface area contributed by atoms with E-state index in [9.17, 15) is 20.2 Å². The zero-order chi connectivity index (χ0) is 19.6. The molecule has 0 unspecified atom stereocenters. The summed E-state index contributed by atoms with van der Waals surface area (Å²) in [5.74, 6) is 4.92. The Balaban J connectivity index is 2.30. The lowest BCUT2D eigenvalue weighted by Crippen LogP contribution is -1.91. The van der Waals surface area contributed by atoms with Crippen LogP contribution in [0.3, 0.4) is 0 Å². The van der Waals surface area contributed by atoms with Crippen molar-refractivity contribution in [3.05, 3.63) is 85.5 Å². The summed E-state index contributed by atoms with van der Waals surface area (Å²) in [7, 11) is 0. The number of hydrogen-bond acceptors (Lipinski definition) is 4. The third kappa shape index (κ3) is 3.20. The number of terminal acetylenes is 2. The maximum absolute atomic E-state index is 11.2. The fraction of sp³-hybridized carbons (Fsp3) is 0.0476. The van der Waals surface area contributed by atoms with Gasteiger partial charge in [0.15, 0.2) is 0 Å². The van der Waals surface area contributed by atoms with Crippen LogP contribution in [0.25, 0.3) is 16.7 Å². The largest absolute Gasteiger partial charge is 0.270 e. The minimum Gasteiger partial charge on any atom is -0.258 e. The second kappa shape index (κ2) is 6.99. The molecule has 0 fully saturated rings. The van der Waals surface area contributed by atoms with Crippen LogP contribution in [0.1, 0.15) is 17.5 Å². The van der Waals surface area contributed by atoms with Gasteiger partial charge in [0, 0.05) is 30.7 Å². The summed E-state index contributed by atoms with van der Waals surface area (Å²) in [4.78, 5) is 21.4. The van der Waals surface area contributed by atoms with E-state index >= 15 is 0 Å². The Morgan fingerprint density at radius 3 is 1.85 bits per heavy atom.